The van der Waals surface area contributed by atoms with Gasteiger partial charge in [0.2, 0.25) is 5.84 Å². The highest BCUT2D eigenvalue weighted by Crippen LogP contribution is 2.26. The van der Waals surface area contributed by atoms with Crippen molar-refractivity contribution >= 4 is 23.5 Å². The molecule has 0 spiro atoms. The Labute approximate surface area is 130 Å². The Morgan fingerprint density at radius 3 is 2.39 bits per heavy atom. The molecule has 2 N–H and O–H groups in total. The number of benzene rings is 1. The molecule has 0 radical (unpaired) electrons. The van der Waals surface area contributed by atoms with Crippen LogP contribution in [0.5, 0.6) is 0 Å². The summed E-state index contributed by atoms with van der Waals surface area (Å²) in [5, 5.41) is 10.7. The average molecular weight is 322 g/mol. The van der Waals surface area contributed by atoms with Crippen LogP contribution >= 0.6 is 0 Å². The van der Waals surface area contributed by atoms with Gasteiger partial charge in [0.05, 0.1) is 19.1 Å². The van der Waals surface area contributed by atoms with Gasteiger partial charge in [-0.1, -0.05) is 0 Å². The largest absolute Gasteiger partial charge is 0.468 e. The molecule has 0 unspecified atom stereocenters. The van der Waals surface area contributed by atoms with Gasteiger partial charge in [-0.25, -0.2) is 10.2 Å². The summed E-state index contributed by atoms with van der Waals surface area (Å²) >= 11 is 0. The fourth-order valence-corrected chi connectivity index (χ4v) is 2.05. The van der Waals surface area contributed by atoms with E-state index in [1.165, 1.54) is 38.5 Å². The van der Waals surface area contributed by atoms with Crippen LogP contribution in [-0.4, -0.2) is 43.0 Å². The van der Waals surface area contributed by atoms with Crippen molar-refractivity contribution in [2.75, 3.05) is 14.2 Å². The normalized spacial score (nSPS) is 20.0. The fraction of sp³-hybridized carbons (Fsp3) is 0.308. The Hall–Kier alpha value is -3.01. The molecular formula is C13H14N4O6. The van der Waals surface area contributed by atoms with Crippen molar-refractivity contribution in [3.8, 4) is 0 Å². The van der Waals surface area contributed by atoms with Gasteiger partial charge in [0.15, 0.2) is 0 Å². The molecule has 23 heavy (non-hydrogen) atoms. The number of nitro benzene ring substituents is 1. The molecule has 0 aliphatic carbocycles. The first-order valence-corrected chi connectivity index (χ1v) is 6.47. The summed E-state index contributed by atoms with van der Waals surface area (Å²) in [5.74, 6) is -1.43. The Kier molecular flexibility index (Phi) is 4.86. The molecule has 0 amide bonds. The van der Waals surface area contributed by atoms with Crippen LogP contribution in [0.4, 0.5) is 5.69 Å². The van der Waals surface area contributed by atoms with E-state index in [1.54, 1.807) is 0 Å². The zero-order valence-corrected chi connectivity index (χ0v) is 12.3. The average Bonchev–Trinajstić information content (AvgIpc) is 2.59. The molecule has 122 valence electrons. The van der Waals surface area contributed by atoms with Gasteiger partial charge in [0, 0.05) is 12.1 Å². The molecule has 1 heterocycles. The molecule has 1 aliphatic heterocycles. The number of nitrogens with zero attached hydrogens (tertiary/aromatic N) is 2. The van der Waals surface area contributed by atoms with Crippen molar-refractivity contribution in [2.24, 2.45) is 4.99 Å². The number of nitrogens with one attached hydrogen (secondary N) is 2. The maximum Gasteiger partial charge on any atom is 0.374 e. The maximum absolute atomic E-state index is 11.9. The summed E-state index contributed by atoms with van der Waals surface area (Å²) in [6.45, 7) is 0. The Morgan fingerprint density at radius 2 is 1.87 bits per heavy atom. The van der Waals surface area contributed by atoms with Gasteiger partial charge in [-0.15, -0.1) is 0 Å². The summed E-state index contributed by atoms with van der Waals surface area (Å²) in [7, 11) is 2.41. The second-order valence-corrected chi connectivity index (χ2v) is 4.53. The number of nitro groups is 1. The van der Waals surface area contributed by atoms with E-state index in [1.807, 2.05) is 0 Å². The lowest BCUT2D eigenvalue weighted by Gasteiger charge is -2.29. The number of hydrazine groups is 1. The third-order valence-corrected chi connectivity index (χ3v) is 3.21. The van der Waals surface area contributed by atoms with Crippen LogP contribution < -0.4 is 10.9 Å². The highest BCUT2D eigenvalue weighted by atomic mass is 16.6. The highest BCUT2D eigenvalue weighted by molar-refractivity contribution is 6.35. The van der Waals surface area contributed by atoms with E-state index in [2.05, 4.69) is 20.6 Å². The van der Waals surface area contributed by atoms with E-state index in [4.69, 9.17) is 4.74 Å². The Bertz CT molecular complexity index is 657. The molecular weight excluding hydrogens is 308 g/mol. The predicted octanol–water partition coefficient (Wildman–Crippen LogP) is -0.143. The van der Waals surface area contributed by atoms with Crippen LogP contribution in [0, 0.1) is 10.1 Å². The number of amidine groups is 1. The first kappa shape index (κ1) is 16.4. The monoisotopic (exact) mass is 322 g/mol. The topological polar surface area (TPSA) is 132 Å². The van der Waals surface area contributed by atoms with E-state index in [-0.39, 0.29) is 11.5 Å². The van der Waals surface area contributed by atoms with E-state index >= 15 is 0 Å². The lowest BCUT2D eigenvalue weighted by Crippen LogP contribution is -2.56. The molecule has 1 aliphatic rings. The first-order chi connectivity index (χ1) is 11.0. The molecule has 2 atom stereocenters. The number of hydrogen-bond donors (Lipinski definition) is 2. The molecule has 2 rings (SSSR count). The number of non-ortho nitro benzene ring substituents is 1. The zero-order valence-electron chi connectivity index (χ0n) is 12.3. The molecule has 0 saturated heterocycles. The van der Waals surface area contributed by atoms with Crippen LogP contribution in [0.15, 0.2) is 29.3 Å². The second-order valence-electron chi connectivity index (χ2n) is 4.53. The smallest absolute Gasteiger partial charge is 0.374 e. The van der Waals surface area contributed by atoms with Crippen LogP contribution in [0.25, 0.3) is 0 Å². The number of hydrogen-bond acceptors (Lipinski definition) is 9. The molecule has 0 aromatic heterocycles. The van der Waals surface area contributed by atoms with Crippen molar-refractivity contribution in [3.05, 3.63) is 39.9 Å². The van der Waals surface area contributed by atoms with Crippen molar-refractivity contribution in [2.45, 2.75) is 12.1 Å². The summed E-state index contributed by atoms with van der Waals surface area (Å²) < 4.78 is 9.26. The molecule has 0 bridgehead atoms. The summed E-state index contributed by atoms with van der Waals surface area (Å²) in [4.78, 5) is 37.7. The summed E-state index contributed by atoms with van der Waals surface area (Å²) in [6, 6.07) is 3.79. The number of carbonyl (C=O) groups is 2. The van der Waals surface area contributed by atoms with Gasteiger partial charge in [0.1, 0.15) is 12.1 Å². The standard InChI is InChI=1S/C13H14N4O6/c1-22-12(18)10-9(14-11(16-15-10)13(19)23-2)7-3-5-8(6-4-7)17(20)21/h3-6,9-10,15H,1-2H3,(H,14,16)/t9-,10+/m1/s1. The lowest BCUT2D eigenvalue weighted by atomic mass is 9.99. The van der Waals surface area contributed by atoms with Gasteiger partial charge in [0.25, 0.3) is 5.69 Å². The maximum atomic E-state index is 11.9. The zero-order chi connectivity index (χ0) is 17.0. The van der Waals surface area contributed by atoms with Gasteiger partial charge in [-0.05, 0) is 17.7 Å². The van der Waals surface area contributed by atoms with E-state index in [0.717, 1.165) is 0 Å². The highest BCUT2D eigenvalue weighted by Gasteiger charge is 2.35. The fourth-order valence-electron chi connectivity index (χ4n) is 2.05. The van der Waals surface area contributed by atoms with E-state index in [9.17, 15) is 19.7 Å². The minimum atomic E-state index is -0.908. The van der Waals surface area contributed by atoms with Gasteiger partial charge in [-0.3, -0.25) is 25.3 Å². The van der Waals surface area contributed by atoms with Crippen molar-refractivity contribution < 1.29 is 24.0 Å². The molecule has 0 fully saturated rings. The number of aliphatic imine (C=N–C) groups is 1. The van der Waals surface area contributed by atoms with Crippen molar-refractivity contribution in [3.63, 3.8) is 0 Å². The molecule has 0 saturated carbocycles. The molecule has 1 aromatic rings. The molecule has 10 nitrogen and oxygen atoms in total. The van der Waals surface area contributed by atoms with Crippen LogP contribution in [0.2, 0.25) is 0 Å². The predicted molar refractivity (Wildman–Crippen MR) is 77.4 cm³/mol. The number of carbonyl (C=O) groups excluding carboxylic acids is 2. The van der Waals surface area contributed by atoms with Crippen LogP contribution in [0.3, 0.4) is 0 Å². The number of methoxy groups -OCH3 is 2. The molecule has 1 aromatic carbocycles. The first-order valence-electron chi connectivity index (χ1n) is 6.47. The van der Waals surface area contributed by atoms with Crippen molar-refractivity contribution in [1.82, 2.24) is 10.9 Å². The third kappa shape index (κ3) is 3.43. The SMILES string of the molecule is COC(=O)C1=N[C@H](c2ccc([N+](=O)[O-])cc2)[C@@H](C(=O)OC)NN1. The van der Waals surface area contributed by atoms with Crippen LogP contribution in [0.1, 0.15) is 11.6 Å². The number of rotatable bonds is 4. The quantitative estimate of drug-likeness (QED) is 0.444. The van der Waals surface area contributed by atoms with Gasteiger partial charge >= 0.3 is 11.9 Å². The minimum Gasteiger partial charge on any atom is -0.468 e. The lowest BCUT2D eigenvalue weighted by molar-refractivity contribution is -0.384. The van der Waals surface area contributed by atoms with Gasteiger partial charge < -0.3 is 9.47 Å². The summed E-state index contributed by atoms with van der Waals surface area (Å²) in [6.07, 6.45) is 0. The van der Waals surface area contributed by atoms with Crippen molar-refractivity contribution in [1.29, 1.82) is 0 Å². The number of ether oxygens (including phenoxy) is 2. The van der Waals surface area contributed by atoms with E-state index in [0.29, 0.717) is 5.56 Å². The second kappa shape index (κ2) is 6.83. The Balaban J connectivity index is 2.39. The van der Waals surface area contributed by atoms with E-state index < -0.39 is 28.9 Å². The number of esters is 2. The van der Waals surface area contributed by atoms with Crippen LogP contribution in [-0.2, 0) is 19.1 Å². The Morgan fingerprint density at radius 1 is 1.22 bits per heavy atom. The van der Waals surface area contributed by atoms with Gasteiger partial charge in [-0.2, -0.15) is 0 Å². The third-order valence-electron chi connectivity index (χ3n) is 3.21. The molecule has 10 heteroatoms. The summed E-state index contributed by atoms with van der Waals surface area (Å²) in [5.41, 5.74) is 5.52. The minimum absolute atomic E-state index is 0.0950.